The van der Waals surface area contributed by atoms with Crippen LogP contribution in [0.1, 0.15) is 43.2 Å². The topological polar surface area (TPSA) is 78.5 Å². The van der Waals surface area contributed by atoms with Gasteiger partial charge in [-0.1, -0.05) is 36.2 Å². The highest BCUT2D eigenvalue weighted by atomic mass is 35.5. The summed E-state index contributed by atoms with van der Waals surface area (Å²) in [4.78, 5) is 18.8. The maximum absolute atomic E-state index is 12.0. The number of rotatable bonds is 14. The number of thiocarbonyl (C=S) groups is 1. The third kappa shape index (κ3) is 12.4. The quantitative estimate of drug-likeness (QED) is 0.187. The van der Waals surface area contributed by atoms with E-state index >= 15 is 0 Å². The number of amides is 1. The van der Waals surface area contributed by atoms with Gasteiger partial charge >= 0.3 is 0 Å². The number of hydrogen-bond donors (Lipinski definition) is 3. The van der Waals surface area contributed by atoms with Gasteiger partial charge in [-0.15, -0.1) is 0 Å². The van der Waals surface area contributed by atoms with Crippen LogP contribution in [-0.2, 0) is 17.8 Å². The lowest BCUT2D eigenvalue weighted by molar-refractivity contribution is -0.120. The summed E-state index contributed by atoms with van der Waals surface area (Å²) >= 11 is 11.3. The molecule has 1 saturated heterocycles. The number of ether oxygens (including phenoxy) is 1. The molecule has 0 spiro atoms. The fourth-order valence-electron chi connectivity index (χ4n) is 4.08. The van der Waals surface area contributed by atoms with Crippen molar-refractivity contribution in [2.45, 2.75) is 45.1 Å². The molecule has 0 aliphatic carbocycles. The van der Waals surface area contributed by atoms with Gasteiger partial charge in [-0.25, -0.2) is 4.98 Å². The Morgan fingerprint density at radius 2 is 1.89 bits per heavy atom. The summed E-state index contributed by atoms with van der Waals surface area (Å²) in [6.07, 6.45) is 11.5. The molecule has 1 aliphatic rings. The van der Waals surface area contributed by atoms with Crippen LogP contribution in [0.5, 0.6) is 5.88 Å². The molecule has 0 atom stereocenters. The molecule has 0 saturated carbocycles. The first-order valence-electron chi connectivity index (χ1n) is 13.1. The number of carbonyl (C=O) groups excluding carboxylic acids is 1. The lowest BCUT2D eigenvalue weighted by Gasteiger charge is -2.26. The average molecular weight is 544 g/mol. The lowest BCUT2D eigenvalue weighted by atomic mass is 10.1. The summed E-state index contributed by atoms with van der Waals surface area (Å²) in [5, 5.41) is 10.5. The molecule has 2 aromatic rings. The van der Waals surface area contributed by atoms with E-state index in [1.54, 1.807) is 6.20 Å². The summed E-state index contributed by atoms with van der Waals surface area (Å²) in [5.74, 6) is 0.645. The van der Waals surface area contributed by atoms with Gasteiger partial charge < -0.3 is 20.7 Å². The van der Waals surface area contributed by atoms with Crippen molar-refractivity contribution in [2.24, 2.45) is 0 Å². The van der Waals surface area contributed by atoms with Crippen LogP contribution in [0.4, 0.5) is 0 Å². The molecule has 1 aliphatic heterocycles. The number of pyridine rings is 1. The van der Waals surface area contributed by atoms with Gasteiger partial charge in [0.25, 0.3) is 0 Å². The van der Waals surface area contributed by atoms with E-state index in [0.717, 1.165) is 30.1 Å². The lowest BCUT2D eigenvalue weighted by Crippen LogP contribution is -2.37. The van der Waals surface area contributed by atoms with E-state index in [0.29, 0.717) is 43.5 Å². The van der Waals surface area contributed by atoms with Crippen LogP contribution in [0.2, 0.25) is 5.02 Å². The van der Waals surface area contributed by atoms with Crippen LogP contribution in [0, 0.1) is 0 Å². The second kappa shape index (κ2) is 16.9. The van der Waals surface area contributed by atoms with E-state index in [-0.39, 0.29) is 5.91 Å². The van der Waals surface area contributed by atoms with Crippen molar-refractivity contribution in [3.05, 3.63) is 70.9 Å². The van der Waals surface area contributed by atoms with Gasteiger partial charge in [0.05, 0.1) is 0 Å². The molecule has 0 bridgehead atoms. The minimum absolute atomic E-state index is 0.0132. The SMILES string of the molecule is O=C(CCCNC(=S)NCCc1cccc(Cl)c1)NC/C=C\COc1cc(CN2CCCCC2)ccn1. The fraction of sp³-hybridized carbons (Fsp3) is 0.464. The van der Waals surface area contributed by atoms with Crippen molar-refractivity contribution in [3.63, 3.8) is 0 Å². The highest BCUT2D eigenvalue weighted by molar-refractivity contribution is 7.80. The molecule has 1 amide bonds. The second-order valence-corrected chi connectivity index (χ2v) is 9.94. The first kappa shape index (κ1) is 28.9. The minimum atomic E-state index is 0.0132. The Morgan fingerprint density at radius 3 is 2.73 bits per heavy atom. The first-order valence-corrected chi connectivity index (χ1v) is 13.8. The molecule has 0 unspecified atom stereocenters. The van der Waals surface area contributed by atoms with E-state index < -0.39 is 0 Å². The van der Waals surface area contributed by atoms with Gasteiger partial charge in [0, 0.05) is 49.9 Å². The number of halogens is 1. The van der Waals surface area contributed by atoms with Crippen molar-refractivity contribution < 1.29 is 9.53 Å². The maximum atomic E-state index is 12.0. The molecular weight excluding hydrogens is 506 g/mol. The van der Waals surface area contributed by atoms with E-state index in [4.69, 9.17) is 28.6 Å². The van der Waals surface area contributed by atoms with Crippen molar-refractivity contribution in [1.29, 1.82) is 0 Å². The highest BCUT2D eigenvalue weighted by Gasteiger charge is 2.10. The highest BCUT2D eigenvalue weighted by Crippen LogP contribution is 2.15. The van der Waals surface area contributed by atoms with Gasteiger partial charge in [-0.2, -0.15) is 0 Å². The molecule has 1 aromatic heterocycles. The Kier molecular flexibility index (Phi) is 13.2. The molecule has 2 heterocycles. The molecule has 3 rings (SSSR count). The van der Waals surface area contributed by atoms with Crippen LogP contribution in [0.3, 0.4) is 0 Å². The largest absolute Gasteiger partial charge is 0.473 e. The van der Waals surface area contributed by atoms with Crippen molar-refractivity contribution in [3.8, 4) is 5.88 Å². The van der Waals surface area contributed by atoms with Gasteiger partial charge in [0.1, 0.15) is 6.61 Å². The Morgan fingerprint density at radius 1 is 1.05 bits per heavy atom. The van der Waals surface area contributed by atoms with Gasteiger partial charge in [-0.3, -0.25) is 9.69 Å². The van der Waals surface area contributed by atoms with Gasteiger partial charge in [0.2, 0.25) is 11.8 Å². The molecule has 7 nitrogen and oxygen atoms in total. The predicted octanol–water partition coefficient (Wildman–Crippen LogP) is 4.26. The molecule has 1 fully saturated rings. The van der Waals surface area contributed by atoms with Crippen molar-refractivity contribution >= 4 is 34.8 Å². The van der Waals surface area contributed by atoms with E-state index in [9.17, 15) is 4.79 Å². The summed E-state index contributed by atoms with van der Waals surface area (Å²) < 4.78 is 5.74. The molecule has 200 valence electrons. The van der Waals surface area contributed by atoms with E-state index in [1.807, 2.05) is 42.5 Å². The number of aromatic nitrogens is 1. The number of likely N-dealkylation sites (tertiary alicyclic amines) is 1. The third-order valence-electron chi connectivity index (χ3n) is 6.02. The average Bonchev–Trinajstić information content (AvgIpc) is 2.89. The summed E-state index contributed by atoms with van der Waals surface area (Å²) in [6.45, 7) is 5.54. The van der Waals surface area contributed by atoms with Gasteiger partial charge in [-0.05, 0) is 86.4 Å². The predicted molar refractivity (Wildman–Crippen MR) is 154 cm³/mol. The molecule has 1 aromatic carbocycles. The van der Waals surface area contributed by atoms with Crippen molar-refractivity contribution in [2.75, 3.05) is 39.3 Å². The van der Waals surface area contributed by atoms with Crippen LogP contribution < -0.4 is 20.7 Å². The zero-order valence-electron chi connectivity index (χ0n) is 21.4. The Balaban J connectivity index is 1.18. The maximum Gasteiger partial charge on any atom is 0.220 e. The number of hydrogen-bond acceptors (Lipinski definition) is 5. The fourth-order valence-corrected chi connectivity index (χ4v) is 4.49. The van der Waals surface area contributed by atoms with Crippen LogP contribution in [0.15, 0.2) is 54.7 Å². The Labute approximate surface area is 231 Å². The molecule has 3 N–H and O–H groups in total. The number of nitrogens with one attached hydrogen (secondary N) is 3. The minimum Gasteiger partial charge on any atom is -0.473 e. The zero-order chi connectivity index (χ0) is 26.1. The molecule has 0 radical (unpaired) electrons. The number of piperidine rings is 1. The third-order valence-corrected chi connectivity index (χ3v) is 6.54. The van der Waals surface area contributed by atoms with E-state index in [2.05, 4.69) is 31.9 Å². The number of nitrogens with zero attached hydrogens (tertiary/aromatic N) is 2. The normalized spacial score (nSPS) is 13.9. The second-order valence-electron chi connectivity index (χ2n) is 9.09. The Bertz CT molecular complexity index is 1010. The van der Waals surface area contributed by atoms with Crippen LogP contribution >= 0.6 is 23.8 Å². The summed E-state index contributed by atoms with van der Waals surface area (Å²) in [6, 6.07) is 11.9. The number of benzene rings is 1. The van der Waals surface area contributed by atoms with Crippen molar-refractivity contribution in [1.82, 2.24) is 25.8 Å². The summed E-state index contributed by atoms with van der Waals surface area (Å²) in [7, 11) is 0. The zero-order valence-corrected chi connectivity index (χ0v) is 23.0. The molecular formula is C28H38ClN5O2S. The number of carbonyl (C=O) groups is 1. The molecule has 9 heteroatoms. The Hall–Kier alpha value is -2.68. The van der Waals surface area contributed by atoms with Crippen LogP contribution in [0.25, 0.3) is 0 Å². The van der Waals surface area contributed by atoms with Gasteiger partial charge in [0.15, 0.2) is 5.11 Å². The van der Waals surface area contributed by atoms with E-state index in [1.165, 1.54) is 37.9 Å². The smallest absolute Gasteiger partial charge is 0.220 e. The standard InChI is InChI=1S/C28H38ClN5O2S/c29-25-9-6-8-23(20-25)11-16-33-28(37)32-14-7-10-26(35)30-13-2-5-19-36-27-21-24(12-15-31-27)22-34-17-3-1-4-18-34/h2,5-6,8-9,12,15,20-21H,1,3-4,7,10-11,13-14,16-19,22H2,(H,30,35)(H2,32,33,37)/b5-2-. The molecule has 37 heavy (non-hydrogen) atoms. The first-order chi connectivity index (χ1) is 18.1. The van der Waals surface area contributed by atoms with Crippen LogP contribution in [-0.4, -0.2) is 60.2 Å². The summed E-state index contributed by atoms with van der Waals surface area (Å²) in [5.41, 5.74) is 2.39. The monoisotopic (exact) mass is 543 g/mol.